The molecular formula is C28H31N3O2S. The second-order valence-electron chi connectivity index (χ2n) is 9.55. The number of hydrogen-bond donors (Lipinski definition) is 0. The molecule has 3 heterocycles. The van der Waals surface area contributed by atoms with Crippen LogP contribution in [0.15, 0.2) is 65.8 Å². The summed E-state index contributed by atoms with van der Waals surface area (Å²) in [6, 6.07) is 16.0. The molecule has 4 aromatic rings. The molecule has 0 spiro atoms. The zero-order chi connectivity index (χ0) is 24.3. The van der Waals surface area contributed by atoms with Gasteiger partial charge >= 0.3 is 0 Å². The summed E-state index contributed by atoms with van der Waals surface area (Å²) >= 11 is 1.79. The lowest BCUT2D eigenvalue weighted by atomic mass is 10.00. The van der Waals surface area contributed by atoms with Crippen molar-refractivity contribution >= 4 is 29.0 Å². The fraction of sp³-hybridized carbons (Fsp3) is 0.321. The van der Waals surface area contributed by atoms with Crippen LogP contribution in [0.4, 0.5) is 0 Å². The van der Waals surface area contributed by atoms with Crippen molar-refractivity contribution in [3.63, 3.8) is 0 Å². The Hall–Kier alpha value is -3.12. The fourth-order valence-corrected chi connectivity index (χ4v) is 5.30. The van der Waals surface area contributed by atoms with Gasteiger partial charge in [-0.15, -0.1) is 11.8 Å². The van der Waals surface area contributed by atoms with Crippen LogP contribution in [0.2, 0.25) is 0 Å². The SMILES string of the molecule is Cc1ccc(COc2ccc3c(c2)c(SC(C)(C)C)c(C(C=O)Cc2ccccn2)n3C)nc1. The highest BCUT2D eigenvalue weighted by atomic mass is 32.2. The molecule has 0 aliphatic heterocycles. The van der Waals surface area contributed by atoms with E-state index in [0.29, 0.717) is 13.0 Å². The van der Waals surface area contributed by atoms with Gasteiger partial charge < -0.3 is 14.1 Å². The van der Waals surface area contributed by atoms with Crippen LogP contribution in [0.5, 0.6) is 5.75 Å². The molecule has 0 saturated carbocycles. The van der Waals surface area contributed by atoms with Crippen LogP contribution in [0, 0.1) is 6.92 Å². The number of aromatic nitrogens is 3. The molecular weight excluding hydrogens is 442 g/mol. The minimum Gasteiger partial charge on any atom is -0.487 e. The van der Waals surface area contributed by atoms with Crippen molar-refractivity contribution in [2.75, 3.05) is 0 Å². The molecule has 0 amide bonds. The Labute approximate surface area is 205 Å². The summed E-state index contributed by atoms with van der Waals surface area (Å²) in [5.74, 6) is 0.494. The Bertz CT molecular complexity index is 1280. The van der Waals surface area contributed by atoms with E-state index in [1.165, 1.54) is 0 Å². The normalized spacial score (nSPS) is 12.6. The van der Waals surface area contributed by atoms with Gasteiger partial charge in [0.15, 0.2) is 0 Å². The lowest BCUT2D eigenvalue weighted by molar-refractivity contribution is -0.109. The third-order valence-electron chi connectivity index (χ3n) is 5.61. The molecule has 0 N–H and O–H groups in total. The number of carbonyl (C=O) groups excluding carboxylic acids is 1. The Kier molecular flexibility index (Phi) is 7.08. The number of ether oxygens (including phenoxy) is 1. The number of rotatable bonds is 8. The highest BCUT2D eigenvalue weighted by Crippen LogP contribution is 2.44. The Morgan fingerprint density at radius 2 is 1.91 bits per heavy atom. The van der Waals surface area contributed by atoms with E-state index in [9.17, 15) is 4.79 Å². The Balaban J connectivity index is 1.73. The van der Waals surface area contributed by atoms with Gasteiger partial charge in [-0.2, -0.15) is 0 Å². The number of carbonyl (C=O) groups is 1. The molecule has 0 fully saturated rings. The summed E-state index contributed by atoms with van der Waals surface area (Å²) in [7, 11) is 2.04. The van der Waals surface area contributed by atoms with Crippen LogP contribution in [-0.2, 0) is 24.9 Å². The highest BCUT2D eigenvalue weighted by molar-refractivity contribution is 8.00. The molecule has 176 valence electrons. The number of thioether (sulfide) groups is 1. The van der Waals surface area contributed by atoms with Gasteiger partial charge in [0.1, 0.15) is 18.6 Å². The van der Waals surface area contributed by atoms with Gasteiger partial charge in [-0.05, 0) is 48.9 Å². The van der Waals surface area contributed by atoms with Gasteiger partial charge in [-0.1, -0.05) is 32.9 Å². The van der Waals surface area contributed by atoms with Gasteiger partial charge in [0.2, 0.25) is 0 Å². The monoisotopic (exact) mass is 473 g/mol. The van der Waals surface area contributed by atoms with Crippen molar-refractivity contribution in [1.29, 1.82) is 0 Å². The maximum Gasteiger partial charge on any atom is 0.130 e. The number of pyridine rings is 2. The summed E-state index contributed by atoms with van der Waals surface area (Å²) < 4.78 is 8.22. The predicted octanol–water partition coefficient (Wildman–Crippen LogP) is 6.27. The number of fused-ring (bicyclic) bond motifs is 1. The van der Waals surface area contributed by atoms with Crippen LogP contribution >= 0.6 is 11.8 Å². The molecule has 0 saturated heterocycles. The first-order valence-corrected chi connectivity index (χ1v) is 12.3. The van der Waals surface area contributed by atoms with Gasteiger partial charge in [-0.3, -0.25) is 9.97 Å². The number of benzene rings is 1. The van der Waals surface area contributed by atoms with Gasteiger partial charge in [0.05, 0.1) is 11.6 Å². The smallest absolute Gasteiger partial charge is 0.130 e. The summed E-state index contributed by atoms with van der Waals surface area (Å²) in [6.45, 7) is 9.01. The molecule has 5 nitrogen and oxygen atoms in total. The van der Waals surface area contributed by atoms with E-state index in [-0.39, 0.29) is 10.7 Å². The molecule has 0 aliphatic carbocycles. The van der Waals surface area contributed by atoms with E-state index in [0.717, 1.165) is 50.5 Å². The average molecular weight is 474 g/mol. The number of hydrogen-bond acceptors (Lipinski definition) is 5. The molecule has 0 bridgehead atoms. The van der Waals surface area contributed by atoms with Crippen molar-refractivity contribution < 1.29 is 9.53 Å². The standard InChI is InChI=1S/C28H31N3O2S/c1-19-9-10-22(30-16-19)18-33-23-11-12-25-24(15-23)27(34-28(2,3)4)26(31(25)5)20(17-32)14-21-8-6-7-13-29-21/h6-13,15-17,20H,14,18H2,1-5H3. The third-order valence-corrected chi connectivity index (χ3v) is 6.85. The lowest BCUT2D eigenvalue weighted by Gasteiger charge is -2.21. The zero-order valence-electron chi connectivity index (χ0n) is 20.4. The van der Waals surface area contributed by atoms with Crippen LogP contribution in [0.1, 0.15) is 49.3 Å². The molecule has 0 radical (unpaired) electrons. The maximum absolute atomic E-state index is 12.3. The third kappa shape index (κ3) is 5.50. The maximum atomic E-state index is 12.3. The van der Waals surface area contributed by atoms with Gasteiger partial charge in [-0.25, -0.2) is 0 Å². The van der Waals surface area contributed by atoms with Crippen LogP contribution in [0.25, 0.3) is 10.9 Å². The largest absolute Gasteiger partial charge is 0.487 e. The molecule has 0 aliphatic rings. The number of aryl methyl sites for hydroxylation is 2. The van der Waals surface area contributed by atoms with Crippen molar-refractivity contribution in [3.8, 4) is 5.75 Å². The quantitative estimate of drug-likeness (QED) is 0.223. The summed E-state index contributed by atoms with van der Waals surface area (Å²) in [4.78, 5) is 22.3. The minimum absolute atomic E-state index is 0.0237. The van der Waals surface area contributed by atoms with Crippen LogP contribution in [-0.4, -0.2) is 25.6 Å². The average Bonchev–Trinajstić information content (AvgIpc) is 3.07. The van der Waals surface area contributed by atoms with Crippen molar-refractivity contribution in [1.82, 2.24) is 14.5 Å². The lowest BCUT2D eigenvalue weighted by Crippen LogP contribution is -2.13. The number of nitrogens with zero attached hydrogens (tertiary/aromatic N) is 3. The Morgan fingerprint density at radius 1 is 1.09 bits per heavy atom. The summed E-state index contributed by atoms with van der Waals surface area (Å²) in [5, 5.41) is 1.10. The molecule has 6 heteroatoms. The summed E-state index contributed by atoms with van der Waals surface area (Å²) in [5.41, 5.74) is 5.02. The molecule has 4 rings (SSSR count). The predicted molar refractivity (Wildman–Crippen MR) is 139 cm³/mol. The fourth-order valence-electron chi connectivity index (χ4n) is 4.02. The minimum atomic E-state index is -0.293. The van der Waals surface area contributed by atoms with E-state index in [4.69, 9.17) is 4.74 Å². The topological polar surface area (TPSA) is 57.0 Å². The van der Waals surface area contributed by atoms with E-state index in [1.54, 1.807) is 18.0 Å². The first-order valence-electron chi connectivity index (χ1n) is 11.5. The molecule has 3 aromatic heterocycles. The summed E-state index contributed by atoms with van der Waals surface area (Å²) in [6.07, 6.45) is 5.24. The van der Waals surface area contributed by atoms with Crippen molar-refractivity contribution in [2.45, 2.75) is 56.3 Å². The first-order chi connectivity index (χ1) is 16.2. The van der Waals surface area contributed by atoms with E-state index >= 15 is 0 Å². The van der Waals surface area contributed by atoms with Crippen LogP contribution in [0.3, 0.4) is 0 Å². The second kappa shape index (κ2) is 10.0. The highest BCUT2D eigenvalue weighted by Gasteiger charge is 2.27. The van der Waals surface area contributed by atoms with Crippen molar-refractivity contribution in [2.24, 2.45) is 7.05 Å². The molecule has 1 unspecified atom stereocenters. The molecule has 34 heavy (non-hydrogen) atoms. The van der Waals surface area contributed by atoms with Gasteiger partial charge in [0.25, 0.3) is 0 Å². The van der Waals surface area contributed by atoms with Crippen molar-refractivity contribution in [3.05, 3.63) is 83.6 Å². The Morgan fingerprint density at radius 3 is 2.56 bits per heavy atom. The van der Waals surface area contributed by atoms with Crippen LogP contribution < -0.4 is 4.74 Å². The zero-order valence-corrected chi connectivity index (χ0v) is 21.2. The van der Waals surface area contributed by atoms with E-state index in [1.807, 2.05) is 56.6 Å². The molecule has 1 atom stereocenters. The second-order valence-corrected chi connectivity index (χ2v) is 11.4. The number of aldehydes is 1. The molecule has 1 aromatic carbocycles. The van der Waals surface area contributed by atoms with E-state index < -0.39 is 0 Å². The van der Waals surface area contributed by atoms with E-state index in [2.05, 4.69) is 47.4 Å². The first kappa shape index (κ1) is 24.0. The van der Waals surface area contributed by atoms with Gasteiger partial charge in [0, 0.05) is 57.8 Å².